The van der Waals surface area contributed by atoms with Crippen molar-refractivity contribution < 1.29 is 117 Å². The zero-order chi connectivity index (χ0) is 98.6. The third kappa shape index (κ3) is 29.1. The first-order valence-corrected chi connectivity index (χ1v) is 45.6. The van der Waals surface area contributed by atoms with Crippen LogP contribution in [-0.4, -0.2) is 328 Å². The minimum atomic E-state index is -1.99. The van der Waals surface area contributed by atoms with Gasteiger partial charge in [-0.05, 0) is 92.3 Å². The first-order chi connectivity index (χ1) is 63.6. The lowest BCUT2D eigenvalue weighted by Crippen LogP contribution is -2.62. The number of aromatic nitrogens is 2. The number of nitrogens with one attached hydrogen (secondary N) is 11. The van der Waals surface area contributed by atoms with Crippen LogP contribution in [0.4, 0.5) is 0 Å². The van der Waals surface area contributed by atoms with E-state index in [1.807, 2.05) is 0 Å². The van der Waals surface area contributed by atoms with E-state index in [2.05, 4.69) is 58.2 Å². The van der Waals surface area contributed by atoms with Crippen molar-refractivity contribution in [3.8, 4) is 5.75 Å². The lowest BCUT2D eigenvalue weighted by atomic mass is 10.00. The molecule has 3 aliphatic heterocycles. The van der Waals surface area contributed by atoms with Crippen LogP contribution in [0, 0.1) is 5.92 Å². The van der Waals surface area contributed by atoms with Gasteiger partial charge in [-0.15, -0.1) is 11.8 Å². The third-order valence-corrected chi connectivity index (χ3v) is 24.8. The number of rotatable bonds is 26. The smallest absolute Gasteiger partial charge is 0.323 e. The molecule has 15 atom stereocenters. The number of aromatic amines is 1. The number of aliphatic carboxylic acids is 2. The second kappa shape index (κ2) is 50.0. The number of unbranched alkanes of at least 4 members (excludes halogenated alkanes) is 2. The molecule has 0 saturated carbocycles. The van der Waals surface area contributed by atoms with E-state index in [-0.39, 0.29) is 81.6 Å². The molecule has 0 radical (unpaired) electrons. The van der Waals surface area contributed by atoms with E-state index < -0.39 is 279 Å². The van der Waals surface area contributed by atoms with Crippen LogP contribution in [0.25, 0.3) is 21.8 Å². The molecule has 5 heterocycles. The maximum Gasteiger partial charge on any atom is 0.323 e. The number of primary amides is 2. The van der Waals surface area contributed by atoms with Gasteiger partial charge in [0.25, 0.3) is 0 Å². The number of benzene rings is 3. The second-order valence-corrected chi connectivity index (χ2v) is 35.2. The number of carboxylic acids is 2. The van der Waals surface area contributed by atoms with Gasteiger partial charge >= 0.3 is 11.9 Å². The Labute approximate surface area is 776 Å². The normalized spacial score (nSPS) is 24.9. The fraction of sp³-hybridized carbons (Fsp3) is 0.539. The number of carboxylic acid groups (broad SMARTS) is 2. The summed E-state index contributed by atoms with van der Waals surface area (Å²) >= 11 is 0.689. The summed E-state index contributed by atoms with van der Waals surface area (Å²) in [7, 11) is 3.68. The van der Waals surface area contributed by atoms with Crippen LogP contribution in [0.2, 0.25) is 0 Å². The molecule has 3 aromatic carbocycles. The minimum absolute atomic E-state index is 0.0390. The number of aromatic hydroxyl groups is 1. The molecule has 0 bridgehead atoms. The van der Waals surface area contributed by atoms with Gasteiger partial charge in [0.15, 0.2) is 0 Å². The van der Waals surface area contributed by atoms with Gasteiger partial charge in [0.2, 0.25) is 100 Å². The van der Waals surface area contributed by atoms with Crippen molar-refractivity contribution in [3.63, 3.8) is 0 Å². The number of hydrogen-bond donors (Lipinski definition) is 19. The standard InChI is InChI=1S/C89H124N20O24S/c1-9-11-21-67-82(126)96-57(29-30-74(116)117)78(122)103-65(77(121)94-40-72(92)114)45-134-46-73(115)95-60(33-49-25-27-52(111)28-26-49)85(129)104(6)48(5)76(120)98-62(37-71(91)113)87(131)108-31-17-24-68(108)83(127)101-63(38-90)80(124)99-59(32-47(3)4)88(132)109-42-53(112)36-70(109)84(128)97-58(34-50-39-93-56-20-15-13-18-54(50)56)79(123)102-64(44-110)81(125)100-61(86(130)106(8)69(22-12-10-2)89(133)105(67)7)35-51-41-107(43-75(118)119)66-23-16-14-19-55(51)66/h13-16,18-20,23,25-28,39,41,47-48,53,57-65,67-70,93,110-112H,9-12,17,21-22,24,29-38,40,42-46,90H2,1-8H3,(H2,91,113)(H2,92,114)(H,94,121)(H,95,115)(H,96,126)(H,97,128)(H,98,120)(H,99,124)(H,100,125)(H,101,127)(H,102,123)(H,103,122)(H,116,117)(H,118,119)/t48-,53+,57-,58-,59-,60-,61-,62-,63-,64-,65-,67-,68-,69-,70-/m0/s1. The van der Waals surface area contributed by atoms with Gasteiger partial charge in [-0.1, -0.05) is 102 Å². The van der Waals surface area contributed by atoms with Crippen LogP contribution in [0.1, 0.15) is 135 Å². The van der Waals surface area contributed by atoms with Crippen molar-refractivity contribution >= 4 is 146 Å². The second-order valence-electron chi connectivity index (χ2n) is 34.2. The molecule has 45 heteroatoms. The van der Waals surface area contributed by atoms with Crippen molar-refractivity contribution in [1.29, 1.82) is 0 Å². The van der Waals surface area contributed by atoms with Crippen LogP contribution in [0.3, 0.4) is 0 Å². The molecule has 0 spiro atoms. The quantitative estimate of drug-likeness (QED) is 0.0253. The number of thioether (sulfide) groups is 1. The van der Waals surface area contributed by atoms with Gasteiger partial charge in [-0.25, -0.2) is 0 Å². The number of amides is 17. The van der Waals surface area contributed by atoms with Crippen molar-refractivity contribution in [3.05, 3.63) is 102 Å². The molecule has 2 aromatic heterocycles. The molecule has 730 valence electrons. The predicted octanol–water partition coefficient (Wildman–Crippen LogP) is -3.78. The summed E-state index contributed by atoms with van der Waals surface area (Å²) in [4.78, 5) is 281. The van der Waals surface area contributed by atoms with E-state index in [9.17, 15) is 83.1 Å². The number of H-pyrrole nitrogens is 1. The number of para-hydroxylation sites is 2. The van der Waals surface area contributed by atoms with Crippen molar-refractivity contribution in [2.45, 2.75) is 235 Å². The molecule has 44 nitrogen and oxygen atoms in total. The van der Waals surface area contributed by atoms with Gasteiger partial charge in [0.05, 0.1) is 31.4 Å². The Bertz CT molecular complexity index is 5110. The van der Waals surface area contributed by atoms with Crippen LogP contribution in [0.5, 0.6) is 5.75 Å². The van der Waals surface area contributed by atoms with E-state index >= 15 is 33.6 Å². The minimum Gasteiger partial charge on any atom is -0.508 e. The number of carbonyl (C=O) groups is 19. The van der Waals surface area contributed by atoms with Crippen LogP contribution in [0.15, 0.2) is 85.2 Å². The summed E-state index contributed by atoms with van der Waals surface area (Å²) in [5.74, 6) is -21.8. The van der Waals surface area contributed by atoms with Crippen molar-refractivity contribution in [2.24, 2.45) is 23.1 Å². The highest BCUT2D eigenvalue weighted by atomic mass is 32.2. The molecule has 3 aliphatic rings. The summed E-state index contributed by atoms with van der Waals surface area (Å²) in [5, 5.41) is 79.3. The van der Waals surface area contributed by atoms with E-state index in [1.54, 1.807) is 82.4 Å². The SMILES string of the molecule is CCCC[C@H]1C(=O)N(C)[C@@H](CCCC)C(=O)N[C@@H](CCC(=O)O)C(=O)N[C@H](C(=O)NCC(N)=O)CSCC(=O)N[C@@H](Cc2ccc(O)cc2)C(=O)N(C)[C@@H](C)C(=O)N[C@@H](CC(N)=O)C(=O)N2CCC[C@H]2C(=O)N[C@@H](CN)C(=O)N[C@@H](CC(C)C)C(=O)N2C[C@H](O)C[C@H]2C(=O)N[C@@H](Cc2c[nH]c3ccccc23)C(=O)N[C@@H](CO)C(=O)N[C@@H](Cc2cn(CC(=O)O)c3ccccc23)C(=O)N1C. The summed E-state index contributed by atoms with van der Waals surface area (Å²) in [5.41, 5.74) is 19.3. The molecule has 17 amide bonds. The van der Waals surface area contributed by atoms with Gasteiger partial charge in [-0.3, -0.25) is 91.1 Å². The number of aliphatic hydroxyl groups excluding tert-OH is 2. The number of fused-ring (bicyclic) bond motifs is 4. The van der Waals surface area contributed by atoms with Crippen LogP contribution >= 0.6 is 11.8 Å². The number of phenols is 1. The molecule has 0 unspecified atom stereocenters. The van der Waals surface area contributed by atoms with E-state index in [4.69, 9.17) is 17.2 Å². The first kappa shape index (κ1) is 106. The average Bonchev–Trinajstić information content (AvgIpc) is 1.67. The topological polar surface area (TPSA) is 661 Å². The Hall–Kier alpha value is -13.3. The maximum absolute atomic E-state index is 15.8. The molecular weight excluding hydrogens is 1770 g/mol. The number of hydrogen-bond acceptors (Lipinski definition) is 24. The molecule has 22 N–H and O–H groups in total. The zero-order valence-corrected chi connectivity index (χ0v) is 76.9. The molecule has 5 aromatic rings. The Balaban J connectivity index is 1.20. The Morgan fingerprint density at radius 2 is 1.12 bits per heavy atom. The Kier molecular flexibility index (Phi) is 39.6. The highest BCUT2D eigenvalue weighted by Gasteiger charge is 2.47. The van der Waals surface area contributed by atoms with Crippen molar-refractivity contribution in [1.82, 2.24) is 87.2 Å². The molecular formula is C89H124N20O24S. The first-order valence-electron chi connectivity index (χ1n) is 44.5. The van der Waals surface area contributed by atoms with Gasteiger partial charge in [0.1, 0.15) is 96.9 Å². The summed E-state index contributed by atoms with van der Waals surface area (Å²) in [6.07, 6.45) is -1.14. The van der Waals surface area contributed by atoms with E-state index in [0.717, 1.165) is 24.5 Å². The maximum atomic E-state index is 15.8. The fourth-order valence-electron chi connectivity index (χ4n) is 16.4. The largest absolute Gasteiger partial charge is 0.508 e. The van der Waals surface area contributed by atoms with Gasteiger partial charge < -0.3 is 130 Å². The van der Waals surface area contributed by atoms with E-state index in [1.165, 1.54) is 63.1 Å². The lowest BCUT2D eigenvalue weighted by Gasteiger charge is -2.36. The summed E-state index contributed by atoms with van der Waals surface area (Å²) < 4.78 is 1.39. The number of likely N-dealkylation sites (N-methyl/N-ethyl adjacent to an activating group) is 3. The predicted molar refractivity (Wildman–Crippen MR) is 486 cm³/mol. The van der Waals surface area contributed by atoms with Gasteiger partial charge in [0, 0.05) is 113 Å². The molecule has 134 heavy (non-hydrogen) atoms. The number of nitrogens with zero attached hydrogens (tertiary/aromatic N) is 6. The summed E-state index contributed by atoms with van der Waals surface area (Å²) in [6, 6.07) is -4.23. The third-order valence-electron chi connectivity index (χ3n) is 23.7. The monoisotopic (exact) mass is 1890 g/mol. The lowest BCUT2D eigenvalue weighted by molar-refractivity contribution is -0.149. The molecule has 8 rings (SSSR count). The fourth-order valence-corrected chi connectivity index (χ4v) is 17.3. The number of phenolic OH excluding ortho intramolecular Hbond substituents is 1. The summed E-state index contributed by atoms with van der Waals surface area (Å²) in [6.45, 7) is 4.44. The van der Waals surface area contributed by atoms with Gasteiger partial charge in [-0.2, -0.15) is 0 Å². The Morgan fingerprint density at radius 3 is 1.76 bits per heavy atom. The van der Waals surface area contributed by atoms with Crippen molar-refractivity contribution in [2.75, 3.05) is 65.4 Å². The number of aliphatic hydroxyl groups is 2. The highest BCUT2D eigenvalue weighted by Crippen LogP contribution is 2.29. The van der Waals surface area contributed by atoms with Crippen LogP contribution in [-0.2, 0) is 117 Å². The van der Waals surface area contributed by atoms with Crippen LogP contribution < -0.4 is 70.4 Å². The van der Waals surface area contributed by atoms with E-state index in [0.29, 0.717) is 57.5 Å². The number of carbonyl (C=O) groups excluding carboxylic acids is 17. The zero-order valence-electron chi connectivity index (χ0n) is 76.1. The number of nitrogens with two attached hydrogens (primary N) is 3. The average molecular weight is 1890 g/mol. The molecule has 0 aliphatic carbocycles. The Morgan fingerprint density at radius 1 is 0.560 bits per heavy atom. The highest BCUT2D eigenvalue weighted by molar-refractivity contribution is 8.00. The molecule has 3 saturated heterocycles. The molecule has 3 fully saturated rings.